The number of nitrogens with one attached hydrogen (secondary N) is 4. The van der Waals surface area contributed by atoms with Gasteiger partial charge in [0.1, 0.15) is 11.3 Å². The Bertz CT molecular complexity index is 1390. The van der Waals surface area contributed by atoms with Crippen molar-refractivity contribution in [2.45, 2.75) is 56.6 Å². The van der Waals surface area contributed by atoms with Gasteiger partial charge in [0.25, 0.3) is 0 Å². The summed E-state index contributed by atoms with van der Waals surface area (Å²) in [5.74, 6) is 0. The summed E-state index contributed by atoms with van der Waals surface area (Å²) in [5, 5.41) is 16.7. The molecule has 0 atom stereocenters. The Hall–Kier alpha value is -2.64. The second-order valence-corrected chi connectivity index (χ2v) is 13.2. The fourth-order valence-electron chi connectivity index (χ4n) is 5.61. The van der Waals surface area contributed by atoms with Gasteiger partial charge in [-0.2, -0.15) is 0 Å². The van der Waals surface area contributed by atoms with Crippen LogP contribution in [0.4, 0.5) is 22.7 Å². The van der Waals surface area contributed by atoms with Crippen LogP contribution in [0.3, 0.4) is 0 Å². The first-order chi connectivity index (χ1) is 18.5. The van der Waals surface area contributed by atoms with Gasteiger partial charge in [0.15, 0.2) is 0 Å². The van der Waals surface area contributed by atoms with Gasteiger partial charge >= 0.3 is 0 Å². The van der Waals surface area contributed by atoms with Crippen molar-refractivity contribution in [3.63, 3.8) is 0 Å². The average Bonchev–Trinajstić information content (AvgIpc) is 3.45. The predicted octanol–water partition coefficient (Wildman–Crippen LogP) is 9.64. The van der Waals surface area contributed by atoms with Crippen LogP contribution in [0.25, 0.3) is 0 Å². The van der Waals surface area contributed by atoms with Gasteiger partial charge in [-0.05, 0) is 74.2 Å². The van der Waals surface area contributed by atoms with E-state index < -0.39 is 0 Å². The first-order valence-corrected chi connectivity index (χ1v) is 15.1. The number of halogens is 2. The Morgan fingerprint density at radius 3 is 1.21 bits per heavy atom. The van der Waals surface area contributed by atoms with Crippen LogP contribution in [0.5, 0.6) is 0 Å². The molecule has 7 rings (SSSR count). The first-order valence-electron chi connectivity index (χ1n) is 12.7. The van der Waals surface area contributed by atoms with Crippen molar-refractivity contribution in [1.82, 2.24) is 0 Å². The van der Waals surface area contributed by atoms with Crippen LogP contribution in [0.15, 0.2) is 105 Å². The van der Waals surface area contributed by atoms with Crippen molar-refractivity contribution in [3.8, 4) is 0 Å². The molecular weight excluding hydrogens is 551 g/mol. The molecule has 4 aromatic rings. The van der Waals surface area contributed by atoms with Crippen molar-refractivity contribution < 1.29 is 0 Å². The van der Waals surface area contributed by atoms with Gasteiger partial charge in [-0.1, -0.05) is 83.1 Å². The smallest absolute Gasteiger partial charge is 0.108 e. The van der Waals surface area contributed by atoms with E-state index in [9.17, 15) is 0 Å². The summed E-state index contributed by atoms with van der Waals surface area (Å²) in [6.45, 7) is 0. The summed E-state index contributed by atoms with van der Waals surface area (Å²) >= 11 is 16.8. The van der Waals surface area contributed by atoms with Crippen LogP contribution >= 0.6 is 46.7 Å². The molecule has 2 aliphatic heterocycles. The first kappa shape index (κ1) is 24.4. The molecule has 38 heavy (non-hydrogen) atoms. The molecule has 2 spiro atoms. The molecule has 8 heteroatoms. The summed E-state index contributed by atoms with van der Waals surface area (Å²) in [6.07, 6.45) is 3.86. The lowest BCUT2D eigenvalue weighted by atomic mass is 9.82. The molecule has 0 saturated heterocycles. The Morgan fingerprint density at radius 1 is 0.500 bits per heavy atom. The van der Waals surface area contributed by atoms with Gasteiger partial charge in [-0.25, -0.2) is 0 Å². The molecule has 192 valence electrons. The lowest BCUT2D eigenvalue weighted by Crippen LogP contribution is -2.54. The van der Waals surface area contributed by atoms with Crippen LogP contribution in [0.2, 0.25) is 10.0 Å². The third-order valence-corrected chi connectivity index (χ3v) is 10.5. The van der Waals surface area contributed by atoms with Crippen LogP contribution in [0.1, 0.15) is 25.7 Å². The molecule has 1 fully saturated rings. The Kier molecular flexibility index (Phi) is 6.12. The minimum absolute atomic E-state index is 0.170. The molecule has 0 aromatic heterocycles. The zero-order chi connectivity index (χ0) is 25.7. The van der Waals surface area contributed by atoms with Crippen molar-refractivity contribution in [2.24, 2.45) is 0 Å². The van der Waals surface area contributed by atoms with Gasteiger partial charge in [0.05, 0.1) is 32.8 Å². The molecule has 4 N–H and O–H groups in total. The molecule has 1 saturated carbocycles. The number of benzene rings is 4. The van der Waals surface area contributed by atoms with Crippen LogP contribution in [-0.4, -0.2) is 11.3 Å². The molecule has 3 aliphatic rings. The van der Waals surface area contributed by atoms with Gasteiger partial charge in [0, 0.05) is 19.6 Å². The molecule has 4 nitrogen and oxygen atoms in total. The maximum Gasteiger partial charge on any atom is 0.108 e. The Morgan fingerprint density at radius 2 is 0.842 bits per heavy atom. The third kappa shape index (κ3) is 4.58. The van der Waals surface area contributed by atoms with E-state index >= 15 is 0 Å². The van der Waals surface area contributed by atoms with Crippen LogP contribution < -0.4 is 21.3 Å². The SMILES string of the molecule is Clc1cc2c(cc1Sc1ccccc1)NC1(CCC3(CC1)Nc1cc(Cl)c(Sc4ccccc4)cc1N3)N2. The van der Waals surface area contributed by atoms with Gasteiger partial charge in [-0.3, -0.25) is 0 Å². The highest BCUT2D eigenvalue weighted by Gasteiger charge is 2.48. The number of anilines is 4. The minimum Gasteiger partial charge on any atom is -0.361 e. The van der Waals surface area contributed by atoms with Crippen molar-refractivity contribution in [3.05, 3.63) is 95.0 Å². The molecular formula is C30H26Cl2N4S2. The third-order valence-electron chi connectivity index (χ3n) is 7.54. The number of hydrogen-bond donors (Lipinski definition) is 4. The Balaban J connectivity index is 1.05. The predicted molar refractivity (Wildman–Crippen MR) is 162 cm³/mol. The van der Waals surface area contributed by atoms with Gasteiger partial charge in [0.2, 0.25) is 0 Å². The minimum atomic E-state index is -0.170. The highest BCUT2D eigenvalue weighted by Crippen LogP contribution is 2.51. The lowest BCUT2D eigenvalue weighted by molar-refractivity contribution is 0.286. The van der Waals surface area contributed by atoms with E-state index in [-0.39, 0.29) is 11.3 Å². The topological polar surface area (TPSA) is 48.1 Å². The maximum absolute atomic E-state index is 6.69. The number of hydrogen-bond acceptors (Lipinski definition) is 6. The Labute approximate surface area is 241 Å². The van der Waals surface area contributed by atoms with Crippen LogP contribution in [-0.2, 0) is 0 Å². The monoisotopic (exact) mass is 576 g/mol. The zero-order valence-corrected chi connectivity index (χ0v) is 23.6. The van der Waals surface area contributed by atoms with Crippen molar-refractivity contribution in [2.75, 3.05) is 21.3 Å². The molecule has 2 heterocycles. The maximum atomic E-state index is 6.69. The van der Waals surface area contributed by atoms with Crippen molar-refractivity contribution in [1.29, 1.82) is 0 Å². The van der Waals surface area contributed by atoms with E-state index in [0.717, 1.165) is 68.3 Å². The number of fused-ring (bicyclic) bond motifs is 2. The van der Waals surface area contributed by atoms with E-state index in [1.807, 2.05) is 12.1 Å². The molecule has 0 bridgehead atoms. The van der Waals surface area contributed by atoms with E-state index in [4.69, 9.17) is 23.2 Å². The van der Waals surface area contributed by atoms with E-state index in [0.29, 0.717) is 0 Å². The highest BCUT2D eigenvalue weighted by atomic mass is 35.5. The second-order valence-electron chi connectivity index (χ2n) is 10.2. The second kappa shape index (κ2) is 9.53. The standard InChI is InChI=1S/C30H26Cl2N4S2/c31-21-15-23-25(17-27(21)37-19-7-3-1-4-8-19)35-29(33-23)11-13-30(14-12-29)34-24-16-22(32)28(18-26(24)36-30)38-20-9-5-2-6-10-20/h1-10,15-18,33-36H,11-14H2. The normalized spacial score (nSPS) is 22.8. The van der Waals surface area contributed by atoms with Gasteiger partial charge < -0.3 is 21.3 Å². The number of rotatable bonds is 4. The van der Waals surface area contributed by atoms with Gasteiger partial charge in [-0.15, -0.1) is 0 Å². The largest absolute Gasteiger partial charge is 0.361 e. The molecule has 0 unspecified atom stereocenters. The van der Waals surface area contributed by atoms with Crippen molar-refractivity contribution >= 4 is 69.5 Å². The summed E-state index contributed by atoms with van der Waals surface area (Å²) in [5.41, 5.74) is 4.05. The molecule has 0 radical (unpaired) electrons. The highest BCUT2D eigenvalue weighted by molar-refractivity contribution is 7.99. The fraction of sp³-hybridized carbons (Fsp3) is 0.200. The summed E-state index contributed by atoms with van der Waals surface area (Å²) in [4.78, 5) is 4.48. The van der Waals surface area contributed by atoms with Crippen LogP contribution in [0, 0.1) is 0 Å². The molecule has 1 aliphatic carbocycles. The molecule has 0 amide bonds. The quantitative estimate of drug-likeness (QED) is 0.194. The lowest BCUT2D eigenvalue weighted by Gasteiger charge is -2.44. The van der Waals surface area contributed by atoms with E-state index in [2.05, 4.69) is 94.1 Å². The zero-order valence-electron chi connectivity index (χ0n) is 20.5. The summed E-state index contributed by atoms with van der Waals surface area (Å²) in [6, 6.07) is 29.2. The molecule has 4 aromatic carbocycles. The van der Waals surface area contributed by atoms with E-state index in [1.54, 1.807) is 23.5 Å². The fourth-order valence-corrected chi connectivity index (χ4v) is 7.92. The summed E-state index contributed by atoms with van der Waals surface area (Å²) < 4.78 is 0. The summed E-state index contributed by atoms with van der Waals surface area (Å²) in [7, 11) is 0. The van der Waals surface area contributed by atoms with E-state index in [1.165, 1.54) is 9.79 Å². The average molecular weight is 578 g/mol.